The second-order valence-corrected chi connectivity index (χ2v) is 8.47. The lowest BCUT2D eigenvalue weighted by Gasteiger charge is -2.17. The Morgan fingerprint density at radius 2 is 1.91 bits per heavy atom. The number of hydrogen-bond acceptors (Lipinski definition) is 9. The number of aromatic nitrogens is 5. The highest BCUT2D eigenvalue weighted by atomic mass is 16.6. The van der Waals surface area contributed by atoms with E-state index in [1.165, 1.54) is 0 Å². The Morgan fingerprint density at radius 3 is 2.59 bits per heavy atom. The number of likely N-dealkylation sites (N-methyl/N-ethyl adjacent to an activating group) is 1. The number of anilines is 1. The molecule has 11 nitrogen and oxygen atoms in total. The minimum absolute atomic E-state index is 0.0711. The summed E-state index contributed by atoms with van der Waals surface area (Å²) in [6.07, 6.45) is 5.21. The van der Waals surface area contributed by atoms with E-state index in [0.717, 1.165) is 43.9 Å². The van der Waals surface area contributed by atoms with Crippen molar-refractivity contribution in [2.75, 3.05) is 46.1 Å². The van der Waals surface area contributed by atoms with Crippen LogP contribution in [0, 0.1) is 0 Å². The molecule has 0 saturated carbocycles. The maximum Gasteiger partial charge on any atom is 0.257 e. The molecule has 1 fully saturated rings. The van der Waals surface area contributed by atoms with Crippen LogP contribution in [-0.4, -0.2) is 80.9 Å². The molecule has 5 rings (SSSR count). The molecule has 0 spiro atoms. The zero-order valence-electron chi connectivity index (χ0n) is 19.1. The van der Waals surface area contributed by atoms with Crippen LogP contribution in [-0.2, 0) is 0 Å². The summed E-state index contributed by atoms with van der Waals surface area (Å²) in [6.45, 7) is 2.85. The first-order valence-corrected chi connectivity index (χ1v) is 11.1. The summed E-state index contributed by atoms with van der Waals surface area (Å²) in [4.78, 5) is 26.3. The molecule has 1 saturated heterocycles. The van der Waals surface area contributed by atoms with Crippen LogP contribution in [0.5, 0.6) is 5.75 Å². The first kappa shape index (κ1) is 21.8. The zero-order valence-corrected chi connectivity index (χ0v) is 19.1. The molecule has 0 radical (unpaired) electrons. The molecule has 176 valence electrons. The van der Waals surface area contributed by atoms with E-state index in [4.69, 9.17) is 20.1 Å². The Labute approximate surface area is 196 Å². The van der Waals surface area contributed by atoms with Gasteiger partial charge in [0.2, 0.25) is 0 Å². The number of ether oxygens (including phenoxy) is 1. The van der Waals surface area contributed by atoms with Crippen molar-refractivity contribution in [3.63, 3.8) is 0 Å². The van der Waals surface area contributed by atoms with E-state index in [9.17, 15) is 4.79 Å². The van der Waals surface area contributed by atoms with E-state index in [1.807, 2.05) is 47.8 Å². The van der Waals surface area contributed by atoms with Crippen molar-refractivity contribution in [2.45, 2.75) is 12.8 Å². The Bertz CT molecular complexity index is 1310. The molecule has 2 N–H and O–H groups in total. The zero-order chi connectivity index (χ0) is 23.7. The van der Waals surface area contributed by atoms with E-state index >= 15 is 0 Å². The molecule has 3 aromatic heterocycles. The molecule has 1 amide bonds. The Kier molecular flexibility index (Phi) is 5.84. The van der Waals surface area contributed by atoms with Gasteiger partial charge in [0.25, 0.3) is 5.91 Å². The standard InChI is InChI=1S/C23H26N8O3/c1-29(2)11-12-33-16-7-5-15(6-8-16)31-20-17(23(32)30-9-3-4-10-30)13-25-14-18(20)26-22(31)19-21(24)28-34-27-19/h5-8,13-14H,3-4,9-12H2,1-2H3,(H2,24,28). The summed E-state index contributed by atoms with van der Waals surface area (Å²) >= 11 is 0. The third-order valence-corrected chi connectivity index (χ3v) is 5.81. The smallest absolute Gasteiger partial charge is 0.257 e. The number of pyridine rings is 1. The largest absolute Gasteiger partial charge is 0.492 e. The van der Waals surface area contributed by atoms with Crippen LogP contribution in [0.2, 0.25) is 0 Å². The summed E-state index contributed by atoms with van der Waals surface area (Å²) in [6, 6.07) is 7.58. The molecule has 0 bridgehead atoms. The van der Waals surface area contributed by atoms with Gasteiger partial charge in [0.05, 0.1) is 17.3 Å². The van der Waals surface area contributed by atoms with Gasteiger partial charge in [0, 0.05) is 31.5 Å². The van der Waals surface area contributed by atoms with Crippen LogP contribution in [0.4, 0.5) is 5.82 Å². The lowest BCUT2D eigenvalue weighted by atomic mass is 10.2. The molecule has 4 heterocycles. The highest BCUT2D eigenvalue weighted by Crippen LogP contribution is 2.32. The molecular weight excluding hydrogens is 436 g/mol. The number of rotatable bonds is 7. The van der Waals surface area contributed by atoms with Gasteiger partial charge in [-0.05, 0) is 61.5 Å². The molecule has 34 heavy (non-hydrogen) atoms. The molecule has 11 heteroatoms. The fourth-order valence-corrected chi connectivity index (χ4v) is 4.07. The van der Waals surface area contributed by atoms with E-state index in [-0.39, 0.29) is 11.7 Å². The summed E-state index contributed by atoms with van der Waals surface area (Å²) < 4.78 is 12.5. The number of amides is 1. The summed E-state index contributed by atoms with van der Waals surface area (Å²) in [7, 11) is 4.00. The average Bonchev–Trinajstić information content (AvgIpc) is 3.58. The number of fused-ring (bicyclic) bond motifs is 1. The van der Waals surface area contributed by atoms with E-state index < -0.39 is 0 Å². The molecule has 1 aliphatic heterocycles. The molecule has 4 aromatic rings. The number of nitrogens with zero attached hydrogens (tertiary/aromatic N) is 7. The average molecular weight is 463 g/mol. The summed E-state index contributed by atoms with van der Waals surface area (Å²) in [5.41, 5.74) is 8.72. The van der Waals surface area contributed by atoms with Gasteiger partial charge in [-0.1, -0.05) is 0 Å². The van der Waals surface area contributed by atoms with Crippen LogP contribution in [0.25, 0.3) is 28.2 Å². The van der Waals surface area contributed by atoms with Crippen LogP contribution in [0.15, 0.2) is 41.3 Å². The van der Waals surface area contributed by atoms with Crippen molar-refractivity contribution in [1.82, 2.24) is 34.6 Å². The minimum atomic E-state index is -0.0711. The Hall–Kier alpha value is -3.99. The lowest BCUT2D eigenvalue weighted by Crippen LogP contribution is -2.28. The van der Waals surface area contributed by atoms with E-state index in [1.54, 1.807) is 12.4 Å². The van der Waals surface area contributed by atoms with E-state index in [2.05, 4.69) is 20.2 Å². The number of imidazole rings is 1. The van der Waals surface area contributed by atoms with Gasteiger partial charge in [-0.2, -0.15) is 0 Å². The first-order chi connectivity index (χ1) is 16.5. The van der Waals surface area contributed by atoms with Crippen LogP contribution >= 0.6 is 0 Å². The SMILES string of the molecule is CN(C)CCOc1ccc(-n2c(-c3nonc3N)nc3cncc(C(=O)N4CCCC4)c32)cc1. The molecule has 0 aliphatic carbocycles. The Balaban J connectivity index is 1.62. The molecule has 1 aromatic carbocycles. The predicted molar refractivity (Wildman–Crippen MR) is 126 cm³/mol. The molecule has 0 unspecified atom stereocenters. The number of carbonyl (C=O) groups excluding carboxylic acids is 1. The van der Waals surface area contributed by atoms with Gasteiger partial charge in [-0.3, -0.25) is 14.3 Å². The number of nitrogens with two attached hydrogens (primary N) is 1. The number of benzene rings is 1. The Morgan fingerprint density at radius 1 is 1.15 bits per heavy atom. The van der Waals surface area contributed by atoms with Gasteiger partial charge < -0.3 is 20.3 Å². The van der Waals surface area contributed by atoms with Crippen LogP contribution in [0.3, 0.4) is 0 Å². The maximum absolute atomic E-state index is 13.4. The van der Waals surface area contributed by atoms with Gasteiger partial charge >= 0.3 is 0 Å². The van der Waals surface area contributed by atoms with Crippen LogP contribution < -0.4 is 10.5 Å². The highest BCUT2D eigenvalue weighted by molar-refractivity contribution is 6.06. The summed E-state index contributed by atoms with van der Waals surface area (Å²) in [5, 5.41) is 7.66. The van der Waals surface area contributed by atoms with Crippen molar-refractivity contribution in [2.24, 2.45) is 0 Å². The second kappa shape index (κ2) is 9.10. The maximum atomic E-state index is 13.4. The van der Waals surface area contributed by atoms with Crippen molar-refractivity contribution in [3.05, 3.63) is 42.2 Å². The molecule has 0 atom stereocenters. The van der Waals surface area contributed by atoms with Gasteiger partial charge in [-0.15, -0.1) is 0 Å². The molecular formula is C23H26N8O3. The van der Waals surface area contributed by atoms with Crippen molar-refractivity contribution in [1.29, 1.82) is 0 Å². The lowest BCUT2D eigenvalue weighted by molar-refractivity contribution is 0.0794. The monoisotopic (exact) mass is 462 g/mol. The first-order valence-electron chi connectivity index (χ1n) is 11.1. The van der Waals surface area contributed by atoms with Gasteiger partial charge in [-0.25, -0.2) is 9.61 Å². The number of nitrogen functional groups attached to an aromatic ring is 1. The topological polar surface area (TPSA) is 128 Å². The van der Waals surface area contributed by atoms with Crippen molar-refractivity contribution >= 4 is 22.8 Å². The summed E-state index contributed by atoms with van der Waals surface area (Å²) in [5.74, 6) is 1.20. The van der Waals surface area contributed by atoms with Gasteiger partial charge in [0.1, 0.15) is 17.9 Å². The highest BCUT2D eigenvalue weighted by Gasteiger charge is 2.27. The van der Waals surface area contributed by atoms with Crippen LogP contribution in [0.1, 0.15) is 23.2 Å². The third kappa shape index (κ3) is 4.05. The third-order valence-electron chi connectivity index (χ3n) is 5.81. The fourth-order valence-electron chi connectivity index (χ4n) is 4.07. The normalized spacial score (nSPS) is 13.8. The minimum Gasteiger partial charge on any atom is -0.492 e. The number of likely N-dealkylation sites (tertiary alicyclic amines) is 1. The fraction of sp³-hybridized carbons (Fsp3) is 0.348. The van der Waals surface area contributed by atoms with E-state index in [0.29, 0.717) is 34.7 Å². The number of carbonyl (C=O) groups is 1. The predicted octanol–water partition coefficient (Wildman–Crippen LogP) is 2.23. The second-order valence-electron chi connectivity index (χ2n) is 8.47. The quantitative estimate of drug-likeness (QED) is 0.439. The van der Waals surface area contributed by atoms with Crippen molar-refractivity contribution in [3.8, 4) is 23.0 Å². The van der Waals surface area contributed by atoms with Crippen molar-refractivity contribution < 1.29 is 14.2 Å². The van der Waals surface area contributed by atoms with Gasteiger partial charge in [0.15, 0.2) is 17.3 Å². The number of hydrogen-bond donors (Lipinski definition) is 1. The molecule has 1 aliphatic rings.